The van der Waals surface area contributed by atoms with Gasteiger partial charge in [-0.05, 0) is 18.2 Å². The molecule has 4 rings (SSSR count). The van der Waals surface area contributed by atoms with Crippen LogP contribution < -0.4 is 5.32 Å². The fraction of sp³-hybridized carbons (Fsp3) is 0.421. The lowest BCUT2D eigenvalue weighted by Gasteiger charge is -2.27. The summed E-state index contributed by atoms with van der Waals surface area (Å²) in [5, 5.41) is 17.0. The normalized spacial score (nSPS) is 18.8. The Kier molecular flexibility index (Phi) is 5.54. The highest BCUT2D eigenvalue weighted by atomic mass is 19.4. The van der Waals surface area contributed by atoms with Gasteiger partial charge in [0.1, 0.15) is 17.6 Å². The molecule has 1 atom stereocenters. The Bertz CT molecular complexity index is 1070. The van der Waals surface area contributed by atoms with Gasteiger partial charge in [-0.1, -0.05) is 0 Å². The summed E-state index contributed by atoms with van der Waals surface area (Å²) >= 11 is 0. The number of nitrogens with one attached hydrogen (secondary N) is 1. The van der Waals surface area contributed by atoms with Crippen molar-refractivity contribution in [1.82, 2.24) is 19.7 Å². The molecule has 0 radical (unpaired) electrons. The van der Waals surface area contributed by atoms with Gasteiger partial charge in [0.2, 0.25) is 0 Å². The van der Waals surface area contributed by atoms with Crippen molar-refractivity contribution in [2.24, 2.45) is 0 Å². The molecule has 2 aromatic rings. The monoisotopic (exact) mass is 457 g/mol. The Balaban J connectivity index is 1.57. The Labute approximate surface area is 179 Å². The number of benzene rings is 1. The number of aromatic nitrogens is 2. The molecule has 9 nitrogen and oxygen atoms in total. The first kappa shape index (κ1) is 22.0. The molecule has 1 aromatic carbocycles. The number of amides is 3. The molecule has 3 amide bonds. The number of nitrogens with zero attached hydrogens (tertiary/aromatic N) is 4. The van der Waals surface area contributed by atoms with Crippen LogP contribution in [0.1, 0.15) is 27.3 Å². The van der Waals surface area contributed by atoms with E-state index >= 15 is 0 Å². The third-order valence-electron chi connectivity index (χ3n) is 5.30. The number of fused-ring (bicyclic) bond motifs is 3. The number of halogens is 4. The minimum atomic E-state index is -4.69. The Morgan fingerprint density at radius 1 is 1.38 bits per heavy atom. The molecule has 0 fully saturated rings. The van der Waals surface area contributed by atoms with Gasteiger partial charge in [0.05, 0.1) is 36.6 Å². The van der Waals surface area contributed by atoms with Crippen LogP contribution in [0.25, 0.3) is 0 Å². The number of rotatable bonds is 2. The van der Waals surface area contributed by atoms with Gasteiger partial charge in [0.15, 0.2) is 0 Å². The fourth-order valence-corrected chi connectivity index (χ4v) is 3.70. The van der Waals surface area contributed by atoms with E-state index in [1.54, 1.807) is 0 Å². The van der Waals surface area contributed by atoms with Gasteiger partial charge in [0, 0.05) is 25.6 Å². The number of anilines is 1. The summed E-state index contributed by atoms with van der Waals surface area (Å²) < 4.78 is 54.2. The lowest BCUT2D eigenvalue weighted by atomic mass is 10.1. The van der Waals surface area contributed by atoms with Crippen molar-refractivity contribution in [3.8, 4) is 0 Å². The predicted octanol–water partition coefficient (Wildman–Crippen LogP) is 2.01. The number of urea groups is 1. The summed E-state index contributed by atoms with van der Waals surface area (Å²) in [6.07, 6.45) is -5.09. The van der Waals surface area contributed by atoms with Crippen LogP contribution >= 0.6 is 0 Å². The third-order valence-corrected chi connectivity index (χ3v) is 5.30. The number of carbonyl (C=O) groups excluding carboxylic acids is 2. The molecule has 13 heteroatoms. The van der Waals surface area contributed by atoms with Crippen molar-refractivity contribution < 1.29 is 37.1 Å². The predicted molar refractivity (Wildman–Crippen MR) is 101 cm³/mol. The minimum absolute atomic E-state index is 0.0551. The summed E-state index contributed by atoms with van der Waals surface area (Å²) in [6, 6.07) is 0.938. The minimum Gasteiger partial charge on any atom is -0.393 e. The van der Waals surface area contributed by atoms with Crippen LogP contribution in [0.2, 0.25) is 0 Å². The molecule has 0 bridgehead atoms. The lowest BCUT2D eigenvalue weighted by Crippen LogP contribution is -2.40. The summed E-state index contributed by atoms with van der Waals surface area (Å²) in [4.78, 5) is 32.1. The maximum Gasteiger partial charge on any atom is 0.416 e. The molecule has 172 valence electrons. The molecular weight excluding hydrogens is 438 g/mol. The van der Waals surface area contributed by atoms with E-state index in [-0.39, 0.29) is 38.4 Å². The highest BCUT2D eigenvalue weighted by Gasteiger charge is 2.36. The standard InChI is InChI=1S/C19H19F4N5O4/c1-26-17(30)16-12-8-27(5-4-14(12)25-28(16)7-11(9-29)32-26)18(31)24-15-6-10(19(21,22)23)2-3-13(15)20/h2-3,6,11,29H,4-5,7-9H2,1H3,(H,24,31)/t11-/m0/s1. The summed E-state index contributed by atoms with van der Waals surface area (Å²) in [7, 11) is 1.39. The first-order chi connectivity index (χ1) is 15.1. The van der Waals surface area contributed by atoms with Crippen LogP contribution in [-0.4, -0.2) is 63.1 Å². The van der Waals surface area contributed by atoms with E-state index in [1.165, 1.54) is 16.6 Å². The van der Waals surface area contributed by atoms with Gasteiger partial charge in [-0.2, -0.15) is 18.3 Å². The first-order valence-electron chi connectivity index (χ1n) is 9.65. The highest BCUT2D eigenvalue weighted by molar-refractivity contribution is 5.94. The Hall–Kier alpha value is -3.19. The Morgan fingerprint density at radius 3 is 2.81 bits per heavy atom. The smallest absolute Gasteiger partial charge is 0.393 e. The van der Waals surface area contributed by atoms with Crippen molar-refractivity contribution in [3.05, 3.63) is 46.5 Å². The van der Waals surface area contributed by atoms with Gasteiger partial charge < -0.3 is 15.3 Å². The average Bonchev–Trinajstić information content (AvgIpc) is 3.04. The van der Waals surface area contributed by atoms with Crippen molar-refractivity contribution in [2.45, 2.75) is 31.8 Å². The molecular formula is C19H19F4N5O4. The zero-order valence-electron chi connectivity index (χ0n) is 16.8. The second-order valence-electron chi connectivity index (χ2n) is 7.46. The van der Waals surface area contributed by atoms with Crippen molar-refractivity contribution in [3.63, 3.8) is 0 Å². The number of alkyl halides is 3. The van der Waals surface area contributed by atoms with E-state index in [4.69, 9.17) is 4.84 Å². The van der Waals surface area contributed by atoms with Crippen LogP contribution in [-0.2, 0) is 30.5 Å². The lowest BCUT2D eigenvalue weighted by molar-refractivity contribution is -0.159. The second-order valence-corrected chi connectivity index (χ2v) is 7.46. The number of aliphatic hydroxyl groups is 1. The largest absolute Gasteiger partial charge is 0.416 e. The first-order valence-corrected chi connectivity index (χ1v) is 9.65. The molecule has 0 saturated carbocycles. The van der Waals surface area contributed by atoms with Crippen molar-refractivity contribution >= 4 is 17.6 Å². The summed E-state index contributed by atoms with van der Waals surface area (Å²) in [6.45, 7) is -0.102. The molecule has 0 spiro atoms. The molecule has 2 aliphatic rings. The van der Waals surface area contributed by atoms with Crippen molar-refractivity contribution in [2.75, 3.05) is 25.5 Å². The number of aliphatic hydroxyl groups excluding tert-OH is 1. The van der Waals surface area contributed by atoms with Gasteiger partial charge >= 0.3 is 12.2 Å². The van der Waals surface area contributed by atoms with E-state index in [0.29, 0.717) is 29.5 Å². The Morgan fingerprint density at radius 2 is 2.12 bits per heavy atom. The molecule has 2 aliphatic heterocycles. The summed E-state index contributed by atoms with van der Waals surface area (Å²) in [5.74, 6) is -1.52. The third kappa shape index (κ3) is 4.00. The highest BCUT2D eigenvalue weighted by Crippen LogP contribution is 2.32. The number of hydrogen-bond donors (Lipinski definition) is 2. The number of hydroxylamine groups is 2. The van der Waals surface area contributed by atoms with Crippen LogP contribution in [0.15, 0.2) is 18.2 Å². The van der Waals surface area contributed by atoms with Gasteiger partial charge in [-0.3, -0.25) is 14.3 Å². The van der Waals surface area contributed by atoms with Crippen LogP contribution in [0.3, 0.4) is 0 Å². The van der Waals surface area contributed by atoms with Gasteiger partial charge in [-0.15, -0.1) is 0 Å². The van der Waals surface area contributed by atoms with Crippen molar-refractivity contribution in [1.29, 1.82) is 0 Å². The summed E-state index contributed by atoms with van der Waals surface area (Å²) in [5.41, 5.74) is -0.436. The van der Waals surface area contributed by atoms with Crippen LogP contribution in [0, 0.1) is 5.82 Å². The molecule has 32 heavy (non-hydrogen) atoms. The van der Waals surface area contributed by atoms with Gasteiger partial charge in [0.25, 0.3) is 5.91 Å². The zero-order valence-corrected chi connectivity index (χ0v) is 16.8. The van der Waals surface area contributed by atoms with Gasteiger partial charge in [-0.25, -0.2) is 14.2 Å². The number of hydrogen-bond acceptors (Lipinski definition) is 5. The molecule has 1 aromatic heterocycles. The molecule has 0 saturated heterocycles. The second kappa shape index (κ2) is 8.06. The number of carbonyl (C=O) groups is 2. The molecule has 0 unspecified atom stereocenters. The molecule has 3 heterocycles. The zero-order chi connectivity index (χ0) is 23.2. The fourth-order valence-electron chi connectivity index (χ4n) is 3.70. The van der Waals surface area contributed by atoms with Crippen LogP contribution in [0.5, 0.6) is 0 Å². The van der Waals surface area contributed by atoms with E-state index in [9.17, 15) is 32.3 Å². The average molecular weight is 457 g/mol. The van der Waals surface area contributed by atoms with E-state index in [0.717, 1.165) is 5.06 Å². The molecule has 2 N–H and O–H groups in total. The maximum absolute atomic E-state index is 14.0. The quantitative estimate of drug-likeness (QED) is 0.673. The maximum atomic E-state index is 14.0. The van der Waals surface area contributed by atoms with E-state index < -0.39 is 41.3 Å². The van der Waals surface area contributed by atoms with Crippen LogP contribution in [0.4, 0.5) is 28.0 Å². The molecule has 0 aliphatic carbocycles. The van der Waals surface area contributed by atoms with E-state index in [2.05, 4.69) is 10.4 Å². The van der Waals surface area contributed by atoms with E-state index in [1.807, 2.05) is 0 Å². The SMILES string of the molecule is CN1O[C@H](CO)Cn2nc3c(c2C1=O)CN(C(=O)Nc1cc(C(F)(F)F)ccc1F)CC3. The topological polar surface area (TPSA) is 99.9 Å².